The Kier molecular flexibility index (Phi) is 7.78. The maximum atomic E-state index is 12.7. The van der Waals surface area contributed by atoms with Crippen LogP contribution in [0.5, 0.6) is 5.75 Å². The molecule has 1 atom stereocenters. The van der Waals surface area contributed by atoms with Crippen LogP contribution in [-0.2, 0) is 4.74 Å². The smallest absolute Gasteiger partial charge is 0.317 e. The van der Waals surface area contributed by atoms with Crippen LogP contribution in [0.3, 0.4) is 0 Å². The molecule has 3 rings (SSSR count). The van der Waals surface area contributed by atoms with Crippen molar-refractivity contribution in [2.75, 3.05) is 52.5 Å². The van der Waals surface area contributed by atoms with Gasteiger partial charge in [0.2, 0.25) is 0 Å². The first-order valence-electron chi connectivity index (χ1n) is 10.3. The maximum Gasteiger partial charge on any atom is 0.317 e. The number of nitrogens with zero attached hydrogens (tertiary/aromatic N) is 2. The molecule has 6 heteroatoms. The number of urea groups is 1. The molecule has 2 aliphatic rings. The number of para-hydroxylation sites is 1. The number of ether oxygens (including phenoxy) is 2. The maximum absolute atomic E-state index is 12.7. The number of carbonyl (C=O) groups excluding carboxylic acids is 1. The molecule has 2 heterocycles. The van der Waals surface area contributed by atoms with Gasteiger partial charge in [-0.25, -0.2) is 4.79 Å². The molecule has 27 heavy (non-hydrogen) atoms. The molecule has 2 fully saturated rings. The molecule has 1 aromatic rings. The monoisotopic (exact) mass is 375 g/mol. The molecule has 2 saturated heterocycles. The van der Waals surface area contributed by atoms with Crippen LogP contribution in [0, 0.1) is 6.92 Å². The number of morpholine rings is 1. The number of likely N-dealkylation sites (tertiary alicyclic amines) is 1. The first-order chi connectivity index (χ1) is 13.2. The van der Waals surface area contributed by atoms with Crippen LogP contribution in [-0.4, -0.2) is 74.4 Å². The molecule has 0 bridgehead atoms. The topological polar surface area (TPSA) is 54.0 Å². The van der Waals surface area contributed by atoms with E-state index < -0.39 is 0 Å². The van der Waals surface area contributed by atoms with E-state index in [1.54, 1.807) is 0 Å². The van der Waals surface area contributed by atoms with Crippen molar-refractivity contribution in [2.24, 2.45) is 0 Å². The van der Waals surface area contributed by atoms with E-state index in [0.29, 0.717) is 19.2 Å². The van der Waals surface area contributed by atoms with E-state index in [2.05, 4.69) is 10.2 Å². The zero-order chi connectivity index (χ0) is 18.9. The van der Waals surface area contributed by atoms with Crippen molar-refractivity contribution in [2.45, 2.75) is 38.6 Å². The second-order valence-electron chi connectivity index (χ2n) is 7.43. The number of aryl methyl sites for hydroxylation is 1. The highest BCUT2D eigenvalue weighted by Crippen LogP contribution is 2.20. The lowest BCUT2D eigenvalue weighted by atomic mass is 9.99. The van der Waals surface area contributed by atoms with Gasteiger partial charge in [-0.2, -0.15) is 0 Å². The van der Waals surface area contributed by atoms with Gasteiger partial charge in [-0.15, -0.1) is 0 Å². The van der Waals surface area contributed by atoms with Crippen molar-refractivity contribution < 1.29 is 14.3 Å². The minimum Gasteiger partial charge on any atom is -0.491 e. The summed E-state index contributed by atoms with van der Waals surface area (Å²) in [5.74, 6) is 0.883. The van der Waals surface area contributed by atoms with Crippen LogP contribution < -0.4 is 10.1 Å². The Balaban J connectivity index is 1.40. The minimum atomic E-state index is 0.0510. The molecule has 1 N–H and O–H groups in total. The Morgan fingerprint density at radius 2 is 2.04 bits per heavy atom. The predicted octanol–water partition coefficient (Wildman–Crippen LogP) is 2.66. The molecular formula is C21H33N3O3. The first kappa shape index (κ1) is 20.0. The van der Waals surface area contributed by atoms with Gasteiger partial charge < -0.3 is 19.7 Å². The molecule has 0 aromatic heterocycles. The summed E-state index contributed by atoms with van der Waals surface area (Å²) in [6.45, 7) is 8.63. The van der Waals surface area contributed by atoms with Gasteiger partial charge in [-0.1, -0.05) is 18.2 Å². The zero-order valence-electron chi connectivity index (χ0n) is 16.5. The van der Waals surface area contributed by atoms with Crippen LogP contribution >= 0.6 is 0 Å². The molecule has 2 amide bonds. The highest BCUT2D eigenvalue weighted by atomic mass is 16.5. The minimum absolute atomic E-state index is 0.0510. The number of amides is 2. The van der Waals surface area contributed by atoms with E-state index in [4.69, 9.17) is 9.47 Å². The van der Waals surface area contributed by atoms with Gasteiger partial charge in [-0.05, 0) is 44.2 Å². The first-order valence-corrected chi connectivity index (χ1v) is 10.3. The van der Waals surface area contributed by atoms with Crippen molar-refractivity contribution in [3.63, 3.8) is 0 Å². The van der Waals surface area contributed by atoms with E-state index in [-0.39, 0.29) is 6.03 Å². The van der Waals surface area contributed by atoms with Gasteiger partial charge in [0.05, 0.1) is 19.8 Å². The van der Waals surface area contributed by atoms with Crippen molar-refractivity contribution >= 4 is 6.03 Å². The third-order valence-electron chi connectivity index (χ3n) is 5.50. The molecule has 6 nitrogen and oxygen atoms in total. The lowest BCUT2D eigenvalue weighted by Crippen LogP contribution is -2.50. The molecule has 0 aliphatic carbocycles. The summed E-state index contributed by atoms with van der Waals surface area (Å²) in [6.07, 6.45) is 4.47. The van der Waals surface area contributed by atoms with Gasteiger partial charge in [0.25, 0.3) is 0 Å². The number of hydrogen-bond acceptors (Lipinski definition) is 4. The van der Waals surface area contributed by atoms with Gasteiger partial charge in [0.1, 0.15) is 12.4 Å². The average Bonchev–Trinajstić information content (AvgIpc) is 2.71. The number of rotatable bonds is 7. The summed E-state index contributed by atoms with van der Waals surface area (Å²) >= 11 is 0. The third-order valence-corrected chi connectivity index (χ3v) is 5.50. The fourth-order valence-electron chi connectivity index (χ4n) is 3.86. The number of benzene rings is 1. The number of piperidine rings is 1. The van der Waals surface area contributed by atoms with Crippen molar-refractivity contribution in [3.05, 3.63) is 29.8 Å². The van der Waals surface area contributed by atoms with E-state index in [9.17, 15) is 4.79 Å². The van der Waals surface area contributed by atoms with Crippen LogP contribution in [0.15, 0.2) is 24.3 Å². The summed E-state index contributed by atoms with van der Waals surface area (Å²) in [7, 11) is 0. The van der Waals surface area contributed by atoms with Crippen molar-refractivity contribution in [1.82, 2.24) is 15.1 Å². The largest absolute Gasteiger partial charge is 0.491 e. The van der Waals surface area contributed by atoms with Crippen molar-refractivity contribution in [3.8, 4) is 5.75 Å². The van der Waals surface area contributed by atoms with Gasteiger partial charge in [0, 0.05) is 32.2 Å². The Hall–Kier alpha value is -1.79. The van der Waals surface area contributed by atoms with Crippen LogP contribution in [0.4, 0.5) is 4.79 Å². The van der Waals surface area contributed by atoms with E-state index in [0.717, 1.165) is 70.0 Å². The summed E-state index contributed by atoms with van der Waals surface area (Å²) in [5.41, 5.74) is 1.11. The average molecular weight is 376 g/mol. The van der Waals surface area contributed by atoms with Crippen molar-refractivity contribution in [1.29, 1.82) is 0 Å². The highest BCUT2D eigenvalue weighted by Gasteiger charge is 2.27. The van der Waals surface area contributed by atoms with Crippen LogP contribution in [0.1, 0.15) is 31.2 Å². The summed E-state index contributed by atoms with van der Waals surface area (Å²) in [4.78, 5) is 17.2. The molecule has 150 valence electrons. The quantitative estimate of drug-likeness (QED) is 0.745. The van der Waals surface area contributed by atoms with Gasteiger partial charge >= 0.3 is 6.03 Å². The highest BCUT2D eigenvalue weighted by molar-refractivity contribution is 5.74. The van der Waals surface area contributed by atoms with E-state index in [1.165, 1.54) is 6.42 Å². The van der Waals surface area contributed by atoms with Gasteiger partial charge in [-0.3, -0.25) is 4.90 Å². The molecule has 1 aromatic carbocycles. The predicted molar refractivity (Wildman–Crippen MR) is 106 cm³/mol. The molecule has 2 aliphatic heterocycles. The lowest BCUT2D eigenvalue weighted by Gasteiger charge is -2.37. The van der Waals surface area contributed by atoms with Crippen LogP contribution in [0.2, 0.25) is 0 Å². The molecule has 0 unspecified atom stereocenters. The Morgan fingerprint density at radius 1 is 1.22 bits per heavy atom. The molecule has 0 radical (unpaired) electrons. The SMILES string of the molecule is Cc1ccccc1OCCNC(=O)N1CCCC[C@H]1CCN1CCOCC1. The number of carbonyl (C=O) groups is 1. The fourth-order valence-corrected chi connectivity index (χ4v) is 3.86. The Morgan fingerprint density at radius 3 is 2.85 bits per heavy atom. The summed E-state index contributed by atoms with van der Waals surface area (Å²) in [5, 5.41) is 3.04. The number of hydrogen-bond donors (Lipinski definition) is 1. The zero-order valence-corrected chi connectivity index (χ0v) is 16.5. The number of nitrogens with one attached hydrogen (secondary N) is 1. The van der Waals surface area contributed by atoms with E-state index >= 15 is 0 Å². The lowest BCUT2D eigenvalue weighted by molar-refractivity contribution is 0.0326. The van der Waals surface area contributed by atoms with Crippen LogP contribution in [0.25, 0.3) is 0 Å². The Labute approximate surface area is 162 Å². The normalized spacial score (nSPS) is 21.1. The third kappa shape index (κ3) is 6.11. The molecule has 0 saturated carbocycles. The Bertz CT molecular complexity index is 590. The molecule has 0 spiro atoms. The standard InChI is InChI=1S/C21H33N3O3/c1-18-6-2-3-8-20(18)27-15-10-22-21(25)24-11-5-4-7-19(24)9-12-23-13-16-26-17-14-23/h2-3,6,8,19H,4-5,7,9-17H2,1H3,(H,22,25)/t19-/m0/s1. The summed E-state index contributed by atoms with van der Waals surface area (Å²) < 4.78 is 11.2. The summed E-state index contributed by atoms with van der Waals surface area (Å²) in [6, 6.07) is 8.35. The van der Waals surface area contributed by atoms with E-state index in [1.807, 2.05) is 36.1 Å². The molecular weight excluding hydrogens is 342 g/mol. The van der Waals surface area contributed by atoms with Gasteiger partial charge in [0.15, 0.2) is 0 Å². The second kappa shape index (κ2) is 10.5. The fraction of sp³-hybridized carbons (Fsp3) is 0.667. The second-order valence-corrected chi connectivity index (χ2v) is 7.43.